The van der Waals surface area contributed by atoms with Gasteiger partial charge >= 0.3 is 6.09 Å². The van der Waals surface area contributed by atoms with E-state index in [9.17, 15) is 18.3 Å². The first kappa shape index (κ1) is 20.4. The van der Waals surface area contributed by atoms with Crippen molar-refractivity contribution in [2.24, 2.45) is 11.6 Å². The number of hydrogen-bond acceptors (Lipinski definition) is 7. The number of nitrogens with one attached hydrogen (secondary N) is 1. The molecule has 214 valence electrons. The lowest BCUT2D eigenvalue weighted by atomic mass is 10.0. The molecule has 2 aromatic carbocycles. The molecule has 0 bridgehead atoms. The quantitative estimate of drug-likeness (QED) is 0.276. The number of benzene rings is 2. The molecular weight excluding hydrogens is 586 g/mol. The lowest BCUT2D eigenvalue weighted by Gasteiger charge is -2.31. The largest absolute Gasteiger partial charge is 0.449 e. The van der Waals surface area contributed by atoms with Crippen LogP contribution in [0.3, 0.4) is 0 Å². The SMILES string of the molecule is [2H]C([2H])([2H])C([2H])(C([2H])([2H])[2H])C([2H])([2H])N(C[C@@H](O)[C@H](Cc1ccccc1)NC(=O)OC(C)(C)C)S(=O)(=O)c1ccc2oc(Br)c(CN)c2c1. The maximum atomic E-state index is 14.4. The Morgan fingerprint density at radius 2 is 1.97 bits per heavy atom. The number of fused-ring (bicyclic) bond motifs is 1. The molecule has 2 atom stereocenters. The van der Waals surface area contributed by atoms with Crippen molar-refractivity contribution in [3.8, 4) is 0 Å². The van der Waals surface area contributed by atoms with Gasteiger partial charge in [0, 0.05) is 42.9 Å². The highest BCUT2D eigenvalue weighted by atomic mass is 79.9. The van der Waals surface area contributed by atoms with Crippen LogP contribution in [0, 0.1) is 5.89 Å². The minimum Gasteiger partial charge on any atom is -0.449 e. The molecule has 0 radical (unpaired) electrons. The Balaban J connectivity index is 2.25. The number of alkyl carbamates (subject to hydrolysis) is 1. The van der Waals surface area contributed by atoms with Gasteiger partial charge in [-0.3, -0.25) is 0 Å². The van der Waals surface area contributed by atoms with Gasteiger partial charge in [0.2, 0.25) is 10.0 Å². The number of hydrogen-bond donors (Lipinski definition) is 3. The third-order valence-corrected chi connectivity index (χ3v) is 7.87. The molecular formula is C28H38BrN3O6S. The van der Waals surface area contributed by atoms with E-state index in [1.807, 2.05) is 0 Å². The van der Waals surface area contributed by atoms with Crippen LogP contribution < -0.4 is 11.1 Å². The number of aliphatic hydroxyl groups excluding tert-OH is 1. The van der Waals surface area contributed by atoms with E-state index in [-0.39, 0.29) is 32.9 Å². The van der Waals surface area contributed by atoms with Gasteiger partial charge in [-0.2, -0.15) is 4.31 Å². The van der Waals surface area contributed by atoms with E-state index >= 15 is 0 Å². The topological polar surface area (TPSA) is 135 Å². The first-order chi connectivity index (χ1) is 21.8. The van der Waals surface area contributed by atoms with Crippen LogP contribution in [0.25, 0.3) is 11.0 Å². The Labute approximate surface area is 251 Å². The predicted molar refractivity (Wildman–Crippen MR) is 155 cm³/mol. The number of halogens is 1. The second-order valence-electron chi connectivity index (χ2n) is 9.75. The van der Waals surface area contributed by atoms with Crippen molar-refractivity contribution in [2.75, 3.05) is 13.0 Å². The second kappa shape index (κ2) is 12.8. The third kappa shape index (κ3) is 8.28. The van der Waals surface area contributed by atoms with Crippen molar-refractivity contribution in [3.05, 3.63) is 64.3 Å². The van der Waals surface area contributed by atoms with Gasteiger partial charge in [-0.1, -0.05) is 44.0 Å². The van der Waals surface area contributed by atoms with Gasteiger partial charge in [0.15, 0.2) is 4.67 Å². The van der Waals surface area contributed by atoms with Gasteiger partial charge in [0.1, 0.15) is 11.2 Å². The summed E-state index contributed by atoms with van der Waals surface area (Å²) in [6, 6.07) is 10.3. The molecule has 1 heterocycles. The summed E-state index contributed by atoms with van der Waals surface area (Å²) in [6.45, 7) is -8.51. The van der Waals surface area contributed by atoms with Crippen LogP contribution in [0.4, 0.5) is 4.79 Å². The smallest absolute Gasteiger partial charge is 0.407 e. The van der Waals surface area contributed by atoms with Crippen molar-refractivity contribution in [1.29, 1.82) is 0 Å². The van der Waals surface area contributed by atoms with Gasteiger partial charge in [0.25, 0.3) is 0 Å². The summed E-state index contributed by atoms with van der Waals surface area (Å²) >= 11 is 3.19. The summed E-state index contributed by atoms with van der Waals surface area (Å²) in [7, 11) is -5.29. The third-order valence-electron chi connectivity index (χ3n) is 5.56. The molecule has 0 spiro atoms. The van der Waals surface area contributed by atoms with Crippen molar-refractivity contribution >= 4 is 43.0 Å². The van der Waals surface area contributed by atoms with E-state index < -0.39 is 71.4 Å². The maximum Gasteiger partial charge on any atom is 0.407 e. The Hall–Kier alpha value is -2.44. The van der Waals surface area contributed by atoms with Crippen molar-refractivity contribution in [3.63, 3.8) is 0 Å². The van der Waals surface area contributed by atoms with Crippen molar-refractivity contribution < 1.29 is 39.8 Å². The summed E-state index contributed by atoms with van der Waals surface area (Å²) in [5, 5.41) is 14.2. The molecule has 4 N–H and O–H groups in total. The van der Waals surface area contributed by atoms with Crippen LogP contribution in [0.1, 0.15) is 57.9 Å². The molecule has 3 aromatic rings. The number of furan rings is 1. The minimum absolute atomic E-state index is 0.105. The molecule has 0 saturated carbocycles. The number of nitrogens with two attached hydrogens (primary N) is 1. The van der Waals surface area contributed by atoms with Crippen molar-refractivity contribution in [1.82, 2.24) is 9.62 Å². The Kier molecular flexibility index (Phi) is 6.72. The highest BCUT2D eigenvalue weighted by molar-refractivity contribution is 9.10. The molecule has 0 unspecified atom stereocenters. The fraction of sp³-hybridized carbons (Fsp3) is 0.464. The number of ether oxygens (including phenoxy) is 1. The zero-order chi connectivity index (χ0) is 36.7. The summed E-state index contributed by atoms with van der Waals surface area (Å²) in [5.41, 5.74) is 5.92. The minimum atomic E-state index is -5.29. The molecule has 0 aliphatic heterocycles. The molecule has 0 saturated heterocycles. The molecule has 3 rings (SSSR count). The number of nitrogens with zero attached hydrogens (tertiary/aromatic N) is 1. The van der Waals surface area contributed by atoms with Crippen LogP contribution >= 0.6 is 15.9 Å². The van der Waals surface area contributed by atoms with E-state index in [1.54, 1.807) is 51.1 Å². The lowest BCUT2D eigenvalue weighted by molar-refractivity contribution is 0.0400. The highest BCUT2D eigenvalue weighted by Crippen LogP contribution is 2.32. The standard InChI is InChI=1S/C28H38BrN3O6S/c1-18(2)16-32(39(35,36)20-11-12-25-21(14-20)22(15-30)26(29)37-25)17-24(33)23(13-19-9-7-6-8-10-19)31-27(34)38-28(3,4)5/h6-12,14,18,23-24,33H,13,15-17,30H2,1-5H3,(H,31,34)/t23-,24+/m0/s1/i1D3,2D3,16D2,18D. The first-order valence-corrected chi connectivity index (χ1v) is 14.2. The molecule has 39 heavy (non-hydrogen) atoms. The summed E-state index contributed by atoms with van der Waals surface area (Å²) in [5.74, 6) is -4.07. The zero-order valence-electron chi connectivity index (χ0n) is 30.7. The second-order valence-corrected chi connectivity index (χ2v) is 12.3. The van der Waals surface area contributed by atoms with E-state index in [1.165, 1.54) is 6.07 Å². The van der Waals surface area contributed by atoms with Gasteiger partial charge in [-0.25, -0.2) is 13.2 Å². The van der Waals surface area contributed by atoms with Crippen LogP contribution in [0.2, 0.25) is 0 Å². The number of aliphatic hydroxyl groups is 1. The number of rotatable bonds is 11. The number of carbonyl (C=O) groups is 1. The summed E-state index contributed by atoms with van der Waals surface area (Å²) in [4.78, 5) is 12.2. The Morgan fingerprint density at radius 1 is 1.28 bits per heavy atom. The lowest BCUT2D eigenvalue weighted by Crippen LogP contribution is -2.51. The fourth-order valence-electron chi connectivity index (χ4n) is 3.81. The van der Waals surface area contributed by atoms with Gasteiger partial charge in [0.05, 0.1) is 17.0 Å². The van der Waals surface area contributed by atoms with E-state index in [4.69, 9.17) is 27.2 Å². The molecule has 9 nitrogen and oxygen atoms in total. The normalized spacial score (nSPS) is 18.8. The molecule has 0 aliphatic carbocycles. The van der Waals surface area contributed by atoms with E-state index in [0.29, 0.717) is 11.1 Å². The van der Waals surface area contributed by atoms with Gasteiger partial charge in [-0.05, 0) is 72.8 Å². The molecule has 1 amide bonds. The van der Waals surface area contributed by atoms with Crippen LogP contribution in [0.15, 0.2) is 62.5 Å². The molecule has 11 heteroatoms. The van der Waals surface area contributed by atoms with E-state index in [0.717, 1.165) is 12.1 Å². The zero-order valence-corrected chi connectivity index (χ0v) is 24.1. The van der Waals surface area contributed by atoms with Crippen LogP contribution in [-0.2, 0) is 27.7 Å². The maximum absolute atomic E-state index is 14.4. The monoisotopic (exact) mass is 632 g/mol. The van der Waals surface area contributed by atoms with Gasteiger partial charge in [-0.15, -0.1) is 0 Å². The van der Waals surface area contributed by atoms with Gasteiger partial charge < -0.3 is 25.3 Å². The highest BCUT2D eigenvalue weighted by Gasteiger charge is 2.32. The molecule has 1 aromatic heterocycles. The average Bonchev–Trinajstić information content (AvgIpc) is 3.27. The summed E-state index contributed by atoms with van der Waals surface area (Å²) in [6.07, 6.45) is -3.16. The number of sulfonamides is 1. The van der Waals surface area contributed by atoms with E-state index in [2.05, 4.69) is 21.2 Å². The van der Waals surface area contributed by atoms with Crippen LogP contribution in [0.5, 0.6) is 0 Å². The summed E-state index contributed by atoms with van der Waals surface area (Å²) < 4.78 is 113. The fourth-order valence-corrected chi connectivity index (χ4v) is 5.68. The predicted octanol–water partition coefficient (Wildman–Crippen LogP) is 4.80. The Morgan fingerprint density at radius 3 is 2.59 bits per heavy atom. The number of amides is 1. The first-order valence-electron chi connectivity index (χ1n) is 16.4. The average molecular weight is 634 g/mol. The molecule has 0 fully saturated rings. The van der Waals surface area contributed by atoms with Crippen LogP contribution in [-0.4, -0.2) is 54.7 Å². The Bertz CT molecular complexity index is 1700. The number of carbonyl (C=O) groups excluding carboxylic acids is 1. The van der Waals surface area contributed by atoms with Crippen molar-refractivity contribution in [2.45, 2.75) is 70.1 Å². The molecule has 0 aliphatic rings.